The molecule has 7 nitrogen and oxygen atoms in total. The van der Waals surface area contributed by atoms with Crippen LogP contribution in [0.5, 0.6) is 0 Å². The highest BCUT2D eigenvalue weighted by atomic mass is 32.2. The van der Waals surface area contributed by atoms with Gasteiger partial charge < -0.3 is 15.0 Å². The lowest BCUT2D eigenvalue weighted by Crippen LogP contribution is -2.46. The molecule has 1 amide bonds. The second kappa shape index (κ2) is 9.65. The molecule has 1 unspecified atom stereocenters. The summed E-state index contributed by atoms with van der Waals surface area (Å²) in [5, 5.41) is 2.72. The van der Waals surface area contributed by atoms with Crippen LogP contribution in [0.15, 0.2) is 18.2 Å². The maximum atomic E-state index is 14.7. The number of benzene rings is 1. The summed E-state index contributed by atoms with van der Waals surface area (Å²) in [5.74, 6) is -0.943. The molecular formula is C23H36FN3O4S. The number of hydrogen-bond donors (Lipinski definition) is 2. The molecule has 1 aliphatic heterocycles. The first-order chi connectivity index (χ1) is 14.9. The van der Waals surface area contributed by atoms with E-state index in [2.05, 4.69) is 14.9 Å². The Bertz CT molecular complexity index is 914. The van der Waals surface area contributed by atoms with E-state index < -0.39 is 20.6 Å². The highest BCUT2D eigenvalue weighted by Crippen LogP contribution is 2.29. The smallest absolute Gasteiger partial charge is 0.227 e. The molecule has 1 saturated carbocycles. The number of carbonyl (C=O) groups excluding carboxylic acids is 1. The summed E-state index contributed by atoms with van der Waals surface area (Å²) >= 11 is 0. The standard InChI is InChI=1S/C23H36FN3O4S/c1-15-13-27(14-16(2)31-15)19-10-11-21(20(24)12-19)25-22(28)17-6-8-18(9-7-17)26-32(29,30)23(3,4)5/h10-12,15-18,26H,6-9,13-14H2,1-5H3,(H,25,28)/t15-,16?,17?,18?/m1/s1. The van der Waals surface area contributed by atoms with Crippen molar-refractivity contribution in [1.82, 2.24) is 4.72 Å². The van der Waals surface area contributed by atoms with E-state index in [1.54, 1.807) is 26.8 Å². The van der Waals surface area contributed by atoms with Crippen LogP contribution in [0.3, 0.4) is 0 Å². The second-order valence-corrected chi connectivity index (χ2v) is 12.6. The zero-order chi connectivity index (χ0) is 23.7. The first kappa shape index (κ1) is 24.9. The van der Waals surface area contributed by atoms with Crippen LogP contribution in [-0.4, -0.2) is 50.4 Å². The summed E-state index contributed by atoms with van der Waals surface area (Å²) in [4.78, 5) is 14.8. The lowest BCUT2D eigenvalue weighted by Gasteiger charge is -2.37. The van der Waals surface area contributed by atoms with Gasteiger partial charge in [0.25, 0.3) is 0 Å². The van der Waals surface area contributed by atoms with Crippen molar-refractivity contribution in [2.45, 2.75) is 83.3 Å². The van der Waals surface area contributed by atoms with E-state index in [4.69, 9.17) is 4.74 Å². The van der Waals surface area contributed by atoms with Crippen molar-refractivity contribution in [3.05, 3.63) is 24.0 Å². The predicted octanol–water partition coefficient (Wildman–Crippen LogP) is 3.65. The van der Waals surface area contributed by atoms with Crippen LogP contribution >= 0.6 is 0 Å². The third-order valence-corrected chi connectivity index (χ3v) is 8.48. The average molecular weight is 470 g/mol. The Balaban J connectivity index is 1.55. The first-order valence-electron chi connectivity index (χ1n) is 11.4. The summed E-state index contributed by atoms with van der Waals surface area (Å²) in [7, 11) is -3.42. The maximum Gasteiger partial charge on any atom is 0.227 e. The SMILES string of the molecule is CC1CN(c2ccc(NC(=O)C3CCC(NS(=O)(=O)C(C)(C)C)CC3)c(F)c2)C[C@@H](C)O1. The number of morpholine rings is 1. The fourth-order valence-corrected chi connectivity index (χ4v) is 5.32. The van der Waals surface area contributed by atoms with E-state index in [0.29, 0.717) is 38.8 Å². The molecule has 1 heterocycles. The fraction of sp³-hybridized carbons (Fsp3) is 0.696. The lowest BCUT2D eigenvalue weighted by atomic mass is 9.86. The molecule has 3 rings (SSSR count). The van der Waals surface area contributed by atoms with Gasteiger partial charge in [-0.05, 0) is 78.5 Å². The fourth-order valence-electron chi connectivity index (χ4n) is 4.30. The number of hydrogen-bond acceptors (Lipinski definition) is 5. The van der Waals surface area contributed by atoms with Crippen molar-refractivity contribution in [1.29, 1.82) is 0 Å². The van der Waals surface area contributed by atoms with E-state index >= 15 is 0 Å². The number of rotatable bonds is 5. The molecule has 1 saturated heterocycles. The van der Waals surface area contributed by atoms with Crippen molar-refractivity contribution >= 4 is 27.3 Å². The summed E-state index contributed by atoms with van der Waals surface area (Å²) in [6, 6.07) is 4.72. The van der Waals surface area contributed by atoms with Crippen LogP contribution in [0.25, 0.3) is 0 Å². The van der Waals surface area contributed by atoms with Gasteiger partial charge in [0, 0.05) is 30.7 Å². The summed E-state index contributed by atoms with van der Waals surface area (Å²) in [6.07, 6.45) is 2.44. The Morgan fingerprint density at radius 1 is 1.09 bits per heavy atom. The monoisotopic (exact) mass is 469 g/mol. The molecule has 2 atom stereocenters. The van der Waals surface area contributed by atoms with Crippen LogP contribution in [0.1, 0.15) is 60.3 Å². The van der Waals surface area contributed by atoms with Crippen molar-refractivity contribution < 1.29 is 22.3 Å². The molecule has 32 heavy (non-hydrogen) atoms. The van der Waals surface area contributed by atoms with Gasteiger partial charge >= 0.3 is 0 Å². The topological polar surface area (TPSA) is 87.7 Å². The number of nitrogens with zero attached hydrogens (tertiary/aromatic N) is 1. The molecule has 1 aliphatic carbocycles. The Morgan fingerprint density at radius 2 is 1.69 bits per heavy atom. The van der Waals surface area contributed by atoms with Crippen LogP contribution in [0, 0.1) is 11.7 Å². The van der Waals surface area contributed by atoms with Crippen molar-refractivity contribution in [2.75, 3.05) is 23.3 Å². The van der Waals surface area contributed by atoms with Crippen molar-refractivity contribution in [3.8, 4) is 0 Å². The first-order valence-corrected chi connectivity index (χ1v) is 12.9. The van der Waals surface area contributed by atoms with E-state index in [0.717, 1.165) is 5.69 Å². The Kier molecular flexibility index (Phi) is 7.51. The number of ether oxygens (including phenoxy) is 1. The Labute approximate surface area is 191 Å². The zero-order valence-corrected chi connectivity index (χ0v) is 20.5. The van der Waals surface area contributed by atoms with Gasteiger partial charge in [-0.15, -0.1) is 0 Å². The molecule has 9 heteroatoms. The molecule has 0 bridgehead atoms. The summed E-state index contributed by atoms with van der Waals surface area (Å²) in [5.41, 5.74) is 0.942. The van der Waals surface area contributed by atoms with Gasteiger partial charge in [-0.2, -0.15) is 0 Å². The third-order valence-electron chi connectivity index (χ3n) is 6.22. The van der Waals surface area contributed by atoms with Crippen LogP contribution in [0.2, 0.25) is 0 Å². The largest absolute Gasteiger partial charge is 0.372 e. The molecule has 0 radical (unpaired) electrons. The maximum absolute atomic E-state index is 14.7. The number of amides is 1. The molecule has 180 valence electrons. The lowest BCUT2D eigenvalue weighted by molar-refractivity contribution is -0.120. The number of sulfonamides is 1. The Morgan fingerprint density at radius 3 is 2.22 bits per heavy atom. The highest BCUT2D eigenvalue weighted by molar-refractivity contribution is 7.90. The third kappa shape index (κ3) is 5.99. The molecule has 2 aliphatic rings. The molecular weight excluding hydrogens is 433 g/mol. The van der Waals surface area contributed by atoms with Gasteiger partial charge in [-0.3, -0.25) is 4.79 Å². The second-order valence-electron chi connectivity index (χ2n) is 10.1. The quantitative estimate of drug-likeness (QED) is 0.687. The van der Waals surface area contributed by atoms with Crippen molar-refractivity contribution in [2.24, 2.45) is 5.92 Å². The minimum Gasteiger partial charge on any atom is -0.372 e. The van der Waals surface area contributed by atoms with Gasteiger partial charge in [-0.25, -0.2) is 17.5 Å². The van der Waals surface area contributed by atoms with Gasteiger partial charge in [0.15, 0.2) is 0 Å². The average Bonchev–Trinajstić information content (AvgIpc) is 2.68. The number of nitrogens with one attached hydrogen (secondary N) is 2. The van der Waals surface area contributed by atoms with E-state index in [-0.39, 0.29) is 35.8 Å². The predicted molar refractivity (Wildman–Crippen MR) is 125 cm³/mol. The van der Waals surface area contributed by atoms with Gasteiger partial charge in [0.2, 0.25) is 15.9 Å². The van der Waals surface area contributed by atoms with E-state index in [1.165, 1.54) is 6.07 Å². The molecule has 2 N–H and O–H groups in total. The molecule has 1 aromatic rings. The number of anilines is 2. The summed E-state index contributed by atoms with van der Waals surface area (Å²) in [6.45, 7) is 10.4. The Hall–Kier alpha value is -1.71. The normalized spacial score (nSPS) is 27.2. The van der Waals surface area contributed by atoms with Gasteiger partial charge in [0.1, 0.15) is 5.82 Å². The molecule has 0 aromatic heterocycles. The molecule has 2 fully saturated rings. The molecule has 0 spiro atoms. The van der Waals surface area contributed by atoms with Crippen LogP contribution < -0.4 is 14.9 Å². The highest BCUT2D eigenvalue weighted by Gasteiger charge is 2.34. The van der Waals surface area contributed by atoms with Crippen LogP contribution in [0.4, 0.5) is 15.8 Å². The zero-order valence-electron chi connectivity index (χ0n) is 19.7. The van der Waals surface area contributed by atoms with Gasteiger partial charge in [-0.1, -0.05) is 0 Å². The molecule has 1 aromatic carbocycles. The van der Waals surface area contributed by atoms with E-state index in [9.17, 15) is 17.6 Å². The number of carbonyl (C=O) groups is 1. The van der Waals surface area contributed by atoms with Gasteiger partial charge in [0.05, 0.1) is 22.6 Å². The van der Waals surface area contributed by atoms with Crippen molar-refractivity contribution in [3.63, 3.8) is 0 Å². The minimum absolute atomic E-state index is 0.0733. The summed E-state index contributed by atoms with van der Waals surface area (Å²) < 4.78 is 47.1. The number of halogens is 1. The van der Waals surface area contributed by atoms with Crippen LogP contribution in [-0.2, 0) is 19.6 Å². The van der Waals surface area contributed by atoms with E-state index in [1.807, 2.05) is 19.9 Å². The minimum atomic E-state index is -3.42.